The molecule has 9 nitrogen and oxygen atoms in total. The highest BCUT2D eigenvalue weighted by Crippen LogP contribution is 2.51. The van der Waals surface area contributed by atoms with E-state index in [9.17, 15) is 24.0 Å². The molecule has 2 aliphatic carbocycles. The number of hydrogen-bond donors (Lipinski definition) is 0. The van der Waals surface area contributed by atoms with Gasteiger partial charge >= 0.3 is 23.9 Å². The Balaban J connectivity index is 2.33. The topological polar surface area (TPSA) is 122 Å². The van der Waals surface area contributed by atoms with Gasteiger partial charge in [-0.1, -0.05) is 6.42 Å². The van der Waals surface area contributed by atoms with Gasteiger partial charge in [-0.25, -0.2) is 9.59 Å². The molecule has 166 valence electrons. The molecule has 2 bridgehead atoms. The molecule has 0 aromatic heterocycles. The number of methoxy groups -OCH3 is 4. The molecule has 1 aromatic rings. The third-order valence-electron chi connectivity index (χ3n) is 6.36. The van der Waals surface area contributed by atoms with Crippen LogP contribution in [0.25, 0.3) is 0 Å². The highest BCUT2D eigenvalue weighted by Gasteiger charge is 2.63. The van der Waals surface area contributed by atoms with Crippen molar-refractivity contribution in [2.45, 2.75) is 32.1 Å². The van der Waals surface area contributed by atoms with E-state index in [0.29, 0.717) is 17.5 Å². The highest BCUT2D eigenvalue weighted by atomic mass is 16.5. The molecule has 0 spiro atoms. The first kappa shape index (κ1) is 22.5. The molecule has 0 unspecified atom stereocenters. The molecule has 0 amide bonds. The lowest BCUT2D eigenvalue weighted by Gasteiger charge is -2.41. The Morgan fingerprint density at radius 2 is 1.10 bits per heavy atom. The van der Waals surface area contributed by atoms with Gasteiger partial charge in [0.2, 0.25) is 0 Å². The average molecular weight is 432 g/mol. The minimum Gasteiger partial charge on any atom is -0.468 e. The third-order valence-corrected chi connectivity index (χ3v) is 6.36. The quantitative estimate of drug-likeness (QED) is 0.395. The van der Waals surface area contributed by atoms with Crippen LogP contribution in [0, 0.1) is 10.8 Å². The SMILES string of the molecule is COC(=O)c1cc2c(cc1C(=O)OC)C[C@@]1(C(=O)OC)CCC[C@@](C(=O)OC)(C2)C1=O. The minimum atomic E-state index is -1.59. The molecule has 0 N–H and O–H groups in total. The Kier molecular flexibility index (Phi) is 5.89. The Morgan fingerprint density at radius 3 is 1.42 bits per heavy atom. The Bertz CT molecular complexity index is 904. The molecule has 1 aromatic carbocycles. The number of rotatable bonds is 4. The Labute approximate surface area is 179 Å². The first-order valence-corrected chi connectivity index (χ1v) is 9.75. The summed E-state index contributed by atoms with van der Waals surface area (Å²) in [6, 6.07) is 2.86. The van der Waals surface area contributed by atoms with Crippen molar-refractivity contribution in [1.29, 1.82) is 0 Å². The molecule has 1 fully saturated rings. The summed E-state index contributed by atoms with van der Waals surface area (Å²) in [6.45, 7) is 0. The van der Waals surface area contributed by atoms with Crippen LogP contribution in [0.15, 0.2) is 12.1 Å². The van der Waals surface area contributed by atoms with Crippen LogP contribution in [0.4, 0.5) is 0 Å². The van der Waals surface area contributed by atoms with E-state index < -0.39 is 40.5 Å². The first-order chi connectivity index (χ1) is 14.7. The van der Waals surface area contributed by atoms with Crippen molar-refractivity contribution in [3.05, 3.63) is 34.4 Å². The highest BCUT2D eigenvalue weighted by molar-refractivity contribution is 6.16. The third kappa shape index (κ3) is 3.28. The van der Waals surface area contributed by atoms with Crippen molar-refractivity contribution in [2.75, 3.05) is 28.4 Å². The molecule has 0 radical (unpaired) electrons. The van der Waals surface area contributed by atoms with Crippen molar-refractivity contribution in [3.63, 3.8) is 0 Å². The fourth-order valence-electron chi connectivity index (χ4n) is 4.87. The number of carbonyl (C=O) groups is 5. The molecule has 1 saturated carbocycles. The van der Waals surface area contributed by atoms with Crippen LogP contribution in [0.2, 0.25) is 0 Å². The zero-order chi connectivity index (χ0) is 23.0. The van der Waals surface area contributed by atoms with E-state index in [0.717, 1.165) is 0 Å². The van der Waals surface area contributed by atoms with E-state index >= 15 is 0 Å². The molecule has 0 saturated heterocycles. The van der Waals surface area contributed by atoms with Crippen molar-refractivity contribution < 1.29 is 42.9 Å². The van der Waals surface area contributed by atoms with E-state index in [1.807, 2.05) is 0 Å². The zero-order valence-corrected chi connectivity index (χ0v) is 17.9. The summed E-state index contributed by atoms with van der Waals surface area (Å²) >= 11 is 0. The van der Waals surface area contributed by atoms with Crippen molar-refractivity contribution in [1.82, 2.24) is 0 Å². The van der Waals surface area contributed by atoms with Gasteiger partial charge in [0.05, 0.1) is 39.6 Å². The fraction of sp³-hybridized carbons (Fsp3) is 0.500. The molecule has 9 heteroatoms. The van der Waals surface area contributed by atoms with Crippen LogP contribution in [0.5, 0.6) is 0 Å². The number of ketones is 1. The molecule has 3 rings (SSSR count). The van der Waals surface area contributed by atoms with Crippen LogP contribution >= 0.6 is 0 Å². The standard InChI is InChI=1S/C22H24O9/c1-28-16(23)14-8-12-10-21(19(26)30-3)6-5-7-22(18(21)25,20(27)31-4)11-13(12)9-15(14)17(24)29-2/h8-9H,5-7,10-11H2,1-4H3/t21-,22+. The van der Waals surface area contributed by atoms with Crippen molar-refractivity contribution >= 4 is 29.7 Å². The smallest absolute Gasteiger partial charge is 0.338 e. The van der Waals surface area contributed by atoms with Crippen LogP contribution in [-0.4, -0.2) is 58.1 Å². The number of carbonyl (C=O) groups excluding carboxylic acids is 5. The second-order valence-electron chi connectivity index (χ2n) is 7.83. The van der Waals surface area contributed by atoms with Gasteiger partial charge in [0.25, 0.3) is 0 Å². The number of hydrogen-bond acceptors (Lipinski definition) is 9. The van der Waals surface area contributed by atoms with Gasteiger partial charge < -0.3 is 18.9 Å². The van der Waals surface area contributed by atoms with E-state index in [-0.39, 0.29) is 36.8 Å². The Hall–Kier alpha value is -3.23. The van der Waals surface area contributed by atoms with Gasteiger partial charge in [0.1, 0.15) is 10.8 Å². The van der Waals surface area contributed by atoms with Crippen molar-refractivity contribution in [3.8, 4) is 0 Å². The van der Waals surface area contributed by atoms with Gasteiger partial charge in [-0.15, -0.1) is 0 Å². The summed E-state index contributed by atoms with van der Waals surface area (Å²) in [4.78, 5) is 64.1. The average Bonchev–Trinajstić information content (AvgIpc) is 2.84. The van der Waals surface area contributed by atoms with Crippen molar-refractivity contribution in [2.24, 2.45) is 10.8 Å². The van der Waals surface area contributed by atoms with Crippen LogP contribution in [-0.2, 0) is 46.2 Å². The largest absolute Gasteiger partial charge is 0.468 e. The second-order valence-corrected chi connectivity index (χ2v) is 7.83. The summed E-state index contributed by atoms with van der Waals surface area (Å²) < 4.78 is 19.5. The number of Topliss-reactive ketones (excluding diaryl/α,β-unsaturated/α-hetero) is 1. The normalized spacial score (nSPS) is 24.3. The summed E-state index contributed by atoms with van der Waals surface area (Å²) in [6.07, 6.45) is 0.680. The summed E-state index contributed by atoms with van der Waals surface area (Å²) in [5.41, 5.74) is -2.31. The van der Waals surface area contributed by atoms with Gasteiger partial charge in [0.15, 0.2) is 5.78 Å². The number of benzene rings is 1. The lowest BCUT2D eigenvalue weighted by Crippen LogP contribution is -2.56. The molecule has 0 heterocycles. The predicted molar refractivity (Wildman–Crippen MR) is 104 cm³/mol. The van der Waals surface area contributed by atoms with Crippen LogP contribution in [0.3, 0.4) is 0 Å². The molecular weight excluding hydrogens is 408 g/mol. The monoisotopic (exact) mass is 432 g/mol. The molecule has 2 atom stereocenters. The number of ether oxygens (including phenoxy) is 4. The lowest BCUT2D eigenvalue weighted by atomic mass is 9.59. The van der Waals surface area contributed by atoms with E-state index in [1.54, 1.807) is 0 Å². The maximum Gasteiger partial charge on any atom is 0.338 e. The zero-order valence-electron chi connectivity index (χ0n) is 17.9. The molecule has 31 heavy (non-hydrogen) atoms. The molecular formula is C22H24O9. The van der Waals surface area contributed by atoms with Crippen LogP contribution < -0.4 is 0 Å². The Morgan fingerprint density at radius 1 is 0.710 bits per heavy atom. The summed E-state index contributed by atoms with van der Waals surface area (Å²) in [5, 5.41) is 0. The molecule has 2 aliphatic rings. The van der Waals surface area contributed by atoms with E-state index in [4.69, 9.17) is 18.9 Å². The lowest BCUT2D eigenvalue weighted by molar-refractivity contribution is -0.173. The second kappa shape index (κ2) is 8.13. The number of fused-ring (bicyclic) bond motifs is 3. The van der Waals surface area contributed by atoms with Gasteiger partial charge in [0, 0.05) is 0 Å². The fourth-order valence-corrected chi connectivity index (χ4v) is 4.87. The predicted octanol–water partition coefficient (Wildman–Crippen LogP) is 1.43. The maximum atomic E-state index is 13.7. The maximum absolute atomic E-state index is 13.7. The van der Waals surface area contributed by atoms with Gasteiger partial charge in [-0.05, 0) is 48.9 Å². The molecule has 0 aliphatic heterocycles. The number of esters is 4. The van der Waals surface area contributed by atoms with E-state index in [2.05, 4.69) is 0 Å². The van der Waals surface area contributed by atoms with Gasteiger partial charge in [-0.3, -0.25) is 14.4 Å². The summed E-state index contributed by atoms with van der Waals surface area (Å²) in [7, 11) is 4.72. The first-order valence-electron chi connectivity index (χ1n) is 9.75. The minimum absolute atomic E-state index is 0.0517. The summed E-state index contributed by atoms with van der Waals surface area (Å²) in [5.74, 6) is -3.57. The van der Waals surface area contributed by atoms with Crippen LogP contribution in [0.1, 0.15) is 51.1 Å². The van der Waals surface area contributed by atoms with E-state index in [1.165, 1.54) is 40.6 Å². The van der Waals surface area contributed by atoms with Gasteiger partial charge in [-0.2, -0.15) is 0 Å².